The van der Waals surface area contributed by atoms with Gasteiger partial charge in [-0.15, -0.1) is 0 Å². The highest BCUT2D eigenvalue weighted by Crippen LogP contribution is 2.45. The highest BCUT2D eigenvalue weighted by Gasteiger charge is 2.45. The molecule has 1 N–H and O–H groups in total. The van der Waals surface area contributed by atoms with Crippen LogP contribution in [-0.2, 0) is 17.5 Å². The van der Waals surface area contributed by atoms with Crippen molar-refractivity contribution in [1.82, 2.24) is 9.80 Å². The van der Waals surface area contributed by atoms with Crippen molar-refractivity contribution in [2.75, 3.05) is 18.4 Å². The van der Waals surface area contributed by atoms with Gasteiger partial charge in [-0.05, 0) is 41.7 Å². The highest BCUT2D eigenvalue weighted by molar-refractivity contribution is 5.95. The smallest absolute Gasteiger partial charge is 0.333 e. The third-order valence-electron chi connectivity index (χ3n) is 6.37. The minimum absolute atomic E-state index is 0.0391. The van der Waals surface area contributed by atoms with E-state index in [1.807, 2.05) is 0 Å². The van der Waals surface area contributed by atoms with Gasteiger partial charge in [0.15, 0.2) is 11.6 Å². The van der Waals surface area contributed by atoms with Crippen molar-refractivity contribution in [2.24, 2.45) is 5.92 Å². The topological polar surface area (TPSA) is 52.7 Å². The predicted octanol–water partition coefficient (Wildman–Crippen LogP) is 4.65. The van der Waals surface area contributed by atoms with Crippen LogP contribution in [0.5, 0.6) is 0 Å². The standard InChI is InChI=1S/C23H18F5N3O2/c24-17-5-6-18-15(21(17)25)10-30(22(33)29-18)11-20(32)31-9-12-7-14(19(31)8-12)13-3-1-2-4-16(13)23(26,27)28/h1-7,12,19H,8-11H2,(H,29,33)/t12-,19-/m1/s1. The van der Waals surface area contributed by atoms with E-state index in [0.717, 1.165) is 17.0 Å². The van der Waals surface area contributed by atoms with Gasteiger partial charge in [0.1, 0.15) is 6.54 Å². The van der Waals surface area contributed by atoms with E-state index in [0.29, 0.717) is 18.5 Å². The summed E-state index contributed by atoms with van der Waals surface area (Å²) in [6.45, 7) is -0.368. The van der Waals surface area contributed by atoms with E-state index in [2.05, 4.69) is 5.32 Å². The maximum Gasteiger partial charge on any atom is 0.416 e. The lowest BCUT2D eigenvalue weighted by molar-refractivity contribution is -0.137. The molecule has 3 aliphatic rings. The molecule has 33 heavy (non-hydrogen) atoms. The van der Waals surface area contributed by atoms with Gasteiger partial charge in [0.2, 0.25) is 5.91 Å². The van der Waals surface area contributed by atoms with E-state index in [1.54, 1.807) is 6.08 Å². The Kier molecular flexibility index (Phi) is 4.91. The first-order chi connectivity index (χ1) is 15.6. The first-order valence-electron chi connectivity index (χ1n) is 10.3. The lowest BCUT2D eigenvalue weighted by Gasteiger charge is -2.34. The third-order valence-corrected chi connectivity index (χ3v) is 6.37. The number of hydrogen-bond donors (Lipinski definition) is 1. The van der Waals surface area contributed by atoms with Crippen LogP contribution in [0.3, 0.4) is 0 Å². The van der Waals surface area contributed by atoms with Crippen LogP contribution in [0.25, 0.3) is 5.57 Å². The van der Waals surface area contributed by atoms with E-state index in [-0.39, 0.29) is 29.3 Å². The van der Waals surface area contributed by atoms with Crippen LogP contribution in [0.2, 0.25) is 0 Å². The lowest BCUT2D eigenvalue weighted by Crippen LogP contribution is -2.48. The molecule has 5 nitrogen and oxygen atoms in total. The van der Waals surface area contributed by atoms with Crippen molar-refractivity contribution in [1.29, 1.82) is 0 Å². The van der Waals surface area contributed by atoms with Crippen LogP contribution in [0.4, 0.5) is 32.4 Å². The quantitative estimate of drug-likeness (QED) is 0.675. The number of nitrogens with one attached hydrogen (secondary N) is 1. The zero-order valence-electron chi connectivity index (χ0n) is 17.1. The minimum Gasteiger partial charge on any atom is -0.333 e. The zero-order valence-corrected chi connectivity index (χ0v) is 17.1. The molecule has 3 amide bonds. The van der Waals surface area contributed by atoms with Crippen LogP contribution in [0, 0.1) is 17.6 Å². The first-order valence-corrected chi connectivity index (χ1v) is 10.3. The largest absolute Gasteiger partial charge is 0.416 e. The number of alkyl halides is 3. The van der Waals surface area contributed by atoms with Gasteiger partial charge in [-0.2, -0.15) is 13.2 Å². The van der Waals surface area contributed by atoms with Gasteiger partial charge in [-0.1, -0.05) is 24.3 Å². The predicted molar refractivity (Wildman–Crippen MR) is 109 cm³/mol. The number of fused-ring (bicyclic) bond motifs is 3. The summed E-state index contributed by atoms with van der Waals surface area (Å²) in [6.07, 6.45) is -2.25. The van der Waals surface area contributed by atoms with Gasteiger partial charge < -0.3 is 15.1 Å². The van der Waals surface area contributed by atoms with E-state index in [1.165, 1.54) is 29.2 Å². The van der Waals surface area contributed by atoms with E-state index < -0.39 is 47.9 Å². The maximum atomic E-state index is 14.2. The summed E-state index contributed by atoms with van der Waals surface area (Å²) in [7, 11) is 0. The van der Waals surface area contributed by atoms with E-state index >= 15 is 0 Å². The fraction of sp³-hybridized carbons (Fsp3) is 0.304. The summed E-state index contributed by atoms with van der Waals surface area (Å²) < 4.78 is 68.3. The minimum atomic E-state index is -4.53. The maximum absolute atomic E-state index is 14.2. The van der Waals surface area contributed by atoms with Gasteiger partial charge in [-0.25, -0.2) is 13.6 Å². The fourth-order valence-corrected chi connectivity index (χ4v) is 4.88. The number of amides is 3. The molecule has 0 radical (unpaired) electrons. The van der Waals surface area contributed by atoms with Gasteiger partial charge in [0, 0.05) is 12.1 Å². The molecule has 172 valence electrons. The molecular formula is C23H18F5N3O2. The van der Waals surface area contributed by atoms with E-state index in [4.69, 9.17) is 0 Å². The molecule has 2 heterocycles. The number of carbonyl (C=O) groups is 2. The van der Waals surface area contributed by atoms with Crippen molar-refractivity contribution < 1.29 is 31.5 Å². The molecule has 1 saturated heterocycles. The summed E-state index contributed by atoms with van der Waals surface area (Å²) in [6, 6.07) is 6.22. The summed E-state index contributed by atoms with van der Waals surface area (Å²) in [4.78, 5) is 28.0. The van der Waals surface area contributed by atoms with Gasteiger partial charge >= 0.3 is 12.2 Å². The van der Waals surface area contributed by atoms with Crippen LogP contribution in [0.1, 0.15) is 23.1 Å². The van der Waals surface area contributed by atoms with Crippen molar-refractivity contribution in [3.05, 3.63) is 70.8 Å². The molecule has 0 spiro atoms. The Bertz CT molecular complexity index is 1190. The molecule has 2 aromatic rings. The summed E-state index contributed by atoms with van der Waals surface area (Å²) >= 11 is 0. The SMILES string of the molecule is O=C1Nc2ccc(F)c(F)c2CN1CC(=O)N1C[C@@H]2C=C(c3ccccc3C(F)(F)F)[C@H]1C2. The molecule has 0 unspecified atom stereocenters. The Labute approximate surface area is 185 Å². The van der Waals surface area contributed by atoms with Crippen LogP contribution < -0.4 is 5.32 Å². The van der Waals surface area contributed by atoms with Crippen LogP contribution in [-0.4, -0.2) is 40.9 Å². The molecule has 0 saturated carbocycles. The highest BCUT2D eigenvalue weighted by atomic mass is 19.4. The number of urea groups is 1. The molecule has 2 aromatic carbocycles. The number of halogens is 5. The number of nitrogens with zero attached hydrogens (tertiary/aromatic N) is 2. The first kappa shape index (κ1) is 21.4. The number of benzene rings is 2. The third kappa shape index (κ3) is 3.63. The van der Waals surface area contributed by atoms with Crippen molar-refractivity contribution in [2.45, 2.75) is 25.2 Å². The Morgan fingerprint density at radius 2 is 1.88 bits per heavy atom. The molecule has 2 atom stereocenters. The number of likely N-dealkylation sites (tertiary alicyclic amines) is 1. The Morgan fingerprint density at radius 3 is 2.61 bits per heavy atom. The molecule has 0 aromatic heterocycles. The molecule has 5 rings (SSSR count). The Hall–Kier alpha value is -3.43. The summed E-state index contributed by atoms with van der Waals surface area (Å²) in [5.74, 6) is -2.71. The number of hydrogen-bond acceptors (Lipinski definition) is 2. The van der Waals surface area contributed by atoms with Crippen LogP contribution >= 0.6 is 0 Å². The van der Waals surface area contributed by atoms with Crippen molar-refractivity contribution in [3.63, 3.8) is 0 Å². The van der Waals surface area contributed by atoms with Crippen LogP contribution in [0.15, 0.2) is 42.5 Å². The number of carbonyl (C=O) groups excluding carboxylic acids is 2. The fourth-order valence-electron chi connectivity index (χ4n) is 4.88. The molecule has 1 aliphatic carbocycles. The van der Waals surface area contributed by atoms with E-state index in [9.17, 15) is 31.5 Å². The second-order valence-electron chi connectivity index (χ2n) is 8.40. The second kappa shape index (κ2) is 7.57. The number of rotatable bonds is 3. The Morgan fingerprint density at radius 1 is 1.12 bits per heavy atom. The summed E-state index contributed by atoms with van der Waals surface area (Å²) in [5.41, 5.74) is -0.214. The molecule has 2 bridgehead atoms. The summed E-state index contributed by atoms with van der Waals surface area (Å²) in [5, 5.41) is 2.44. The molecular weight excluding hydrogens is 445 g/mol. The van der Waals surface area contributed by atoms with Crippen molar-refractivity contribution in [3.8, 4) is 0 Å². The molecule has 10 heteroatoms. The number of anilines is 1. The molecule has 2 aliphatic heterocycles. The Balaban J connectivity index is 1.36. The lowest BCUT2D eigenvalue weighted by atomic mass is 9.95. The van der Waals surface area contributed by atoms with Crippen molar-refractivity contribution >= 4 is 23.2 Å². The van der Waals surface area contributed by atoms with Gasteiger partial charge in [0.25, 0.3) is 0 Å². The second-order valence-corrected chi connectivity index (χ2v) is 8.40. The monoisotopic (exact) mass is 463 g/mol. The molecule has 1 fully saturated rings. The zero-order chi connectivity index (χ0) is 23.5. The average Bonchev–Trinajstić information content (AvgIpc) is 3.38. The average molecular weight is 463 g/mol. The van der Waals surface area contributed by atoms with Gasteiger partial charge in [-0.3, -0.25) is 4.79 Å². The normalized spacial score (nSPS) is 21.7. The van der Waals surface area contributed by atoms with Gasteiger partial charge in [0.05, 0.1) is 23.8 Å².